The average molecular weight is 433 g/mol. The van der Waals surface area contributed by atoms with E-state index < -0.39 is 0 Å². The van der Waals surface area contributed by atoms with Crippen LogP contribution in [0.1, 0.15) is 37.4 Å². The minimum Gasteiger partial charge on any atom is -0.342 e. The standard InChI is InChI=1S/C24H28N6O2/c31-23(17-9-13-29(14-10-17)24(32)26-19-6-2-1-3-7-19)30-12-4-5-18(16-30)22-27-20-8-11-25-15-21(20)28-22/h1-3,6-8,11,15,17-18H,4-5,9-10,12-14,16H2,(H,26,32)(H,27,28). The number of piperidine rings is 2. The first-order chi connectivity index (χ1) is 15.7. The monoisotopic (exact) mass is 432 g/mol. The SMILES string of the molecule is O=C(Nc1ccccc1)N1CCC(C(=O)N2CCCC(c3nc4ccncc4[nH]3)C2)CC1. The Morgan fingerprint density at radius 3 is 2.59 bits per heavy atom. The number of amides is 3. The van der Waals surface area contributed by atoms with Crippen molar-refractivity contribution < 1.29 is 9.59 Å². The number of carbonyl (C=O) groups excluding carboxylic acids is 2. The molecule has 3 aromatic rings. The van der Waals surface area contributed by atoms with E-state index in [1.54, 1.807) is 17.3 Å². The normalized spacial score (nSPS) is 19.8. The number of benzene rings is 1. The fourth-order valence-corrected chi connectivity index (χ4v) is 4.78. The molecule has 8 heteroatoms. The van der Waals surface area contributed by atoms with Gasteiger partial charge in [-0.15, -0.1) is 0 Å². The van der Waals surface area contributed by atoms with Gasteiger partial charge in [0.1, 0.15) is 5.82 Å². The number of anilines is 1. The van der Waals surface area contributed by atoms with E-state index in [0.29, 0.717) is 32.5 Å². The van der Waals surface area contributed by atoms with Gasteiger partial charge in [-0.3, -0.25) is 9.78 Å². The molecule has 2 aliphatic heterocycles. The number of nitrogens with zero attached hydrogens (tertiary/aromatic N) is 4. The van der Waals surface area contributed by atoms with Gasteiger partial charge in [-0.05, 0) is 43.9 Å². The van der Waals surface area contributed by atoms with Gasteiger partial charge in [-0.1, -0.05) is 18.2 Å². The van der Waals surface area contributed by atoms with Gasteiger partial charge in [0, 0.05) is 49.9 Å². The molecule has 0 radical (unpaired) electrons. The number of hydrogen-bond donors (Lipinski definition) is 2. The zero-order valence-electron chi connectivity index (χ0n) is 18.0. The van der Waals surface area contributed by atoms with Crippen molar-refractivity contribution in [2.75, 3.05) is 31.5 Å². The highest BCUT2D eigenvalue weighted by molar-refractivity contribution is 5.89. The maximum Gasteiger partial charge on any atom is 0.321 e. The number of para-hydroxylation sites is 1. The number of nitrogens with one attached hydrogen (secondary N) is 2. The first-order valence-electron chi connectivity index (χ1n) is 11.4. The second-order valence-corrected chi connectivity index (χ2v) is 8.70. The number of urea groups is 1. The van der Waals surface area contributed by atoms with E-state index in [1.165, 1.54) is 0 Å². The van der Waals surface area contributed by atoms with Crippen LogP contribution >= 0.6 is 0 Å². The molecule has 5 rings (SSSR count). The zero-order valence-corrected chi connectivity index (χ0v) is 18.0. The van der Waals surface area contributed by atoms with Crippen molar-refractivity contribution >= 4 is 28.7 Å². The number of H-pyrrole nitrogens is 1. The van der Waals surface area contributed by atoms with Crippen molar-refractivity contribution in [3.8, 4) is 0 Å². The third-order valence-electron chi connectivity index (χ3n) is 6.58. The number of imidazole rings is 1. The minimum atomic E-state index is -0.0977. The van der Waals surface area contributed by atoms with Crippen molar-refractivity contribution in [1.82, 2.24) is 24.8 Å². The smallest absolute Gasteiger partial charge is 0.321 e. The van der Waals surface area contributed by atoms with E-state index >= 15 is 0 Å². The molecular weight excluding hydrogens is 404 g/mol. The van der Waals surface area contributed by atoms with Crippen molar-refractivity contribution in [1.29, 1.82) is 0 Å². The molecule has 1 unspecified atom stereocenters. The number of aromatic amines is 1. The molecule has 166 valence electrons. The summed E-state index contributed by atoms with van der Waals surface area (Å²) in [4.78, 5) is 41.8. The molecule has 2 fully saturated rings. The third-order valence-corrected chi connectivity index (χ3v) is 6.58. The Kier molecular flexibility index (Phi) is 5.75. The van der Waals surface area contributed by atoms with E-state index in [4.69, 9.17) is 4.98 Å². The largest absolute Gasteiger partial charge is 0.342 e. The Balaban J connectivity index is 1.16. The Labute approximate surface area is 187 Å². The van der Waals surface area contributed by atoms with Crippen LogP contribution in [0.2, 0.25) is 0 Å². The lowest BCUT2D eigenvalue weighted by molar-refractivity contribution is -0.138. The van der Waals surface area contributed by atoms with E-state index in [0.717, 1.165) is 41.9 Å². The van der Waals surface area contributed by atoms with E-state index in [2.05, 4.69) is 15.3 Å². The van der Waals surface area contributed by atoms with Crippen LogP contribution in [0.15, 0.2) is 48.8 Å². The van der Waals surface area contributed by atoms with Crippen LogP contribution < -0.4 is 5.32 Å². The third kappa shape index (κ3) is 4.30. The molecule has 0 saturated carbocycles. The van der Waals surface area contributed by atoms with E-state index in [-0.39, 0.29) is 23.8 Å². The van der Waals surface area contributed by atoms with Crippen LogP contribution in [0.5, 0.6) is 0 Å². The Morgan fingerprint density at radius 2 is 1.81 bits per heavy atom. The second kappa shape index (κ2) is 8.98. The molecule has 0 aliphatic carbocycles. The minimum absolute atomic E-state index is 0.0191. The summed E-state index contributed by atoms with van der Waals surface area (Å²) in [5, 5.41) is 2.93. The van der Waals surface area contributed by atoms with Crippen molar-refractivity contribution in [3.05, 3.63) is 54.6 Å². The highest BCUT2D eigenvalue weighted by Gasteiger charge is 2.33. The number of likely N-dealkylation sites (tertiary alicyclic amines) is 2. The van der Waals surface area contributed by atoms with Gasteiger partial charge in [0.2, 0.25) is 5.91 Å². The maximum atomic E-state index is 13.2. The number of rotatable bonds is 3. The fourth-order valence-electron chi connectivity index (χ4n) is 4.78. The summed E-state index contributed by atoms with van der Waals surface area (Å²) in [7, 11) is 0. The summed E-state index contributed by atoms with van der Waals surface area (Å²) in [6.45, 7) is 2.69. The number of fused-ring (bicyclic) bond motifs is 1. The number of carbonyl (C=O) groups is 2. The van der Waals surface area contributed by atoms with Gasteiger partial charge in [0.15, 0.2) is 0 Å². The second-order valence-electron chi connectivity index (χ2n) is 8.70. The summed E-state index contributed by atoms with van der Waals surface area (Å²) in [5.41, 5.74) is 2.64. The van der Waals surface area contributed by atoms with Gasteiger partial charge >= 0.3 is 6.03 Å². The average Bonchev–Trinajstić information content (AvgIpc) is 3.29. The van der Waals surface area contributed by atoms with Crippen LogP contribution in [0.3, 0.4) is 0 Å². The zero-order chi connectivity index (χ0) is 21.9. The topological polar surface area (TPSA) is 94.2 Å². The molecule has 2 aliphatic rings. The lowest BCUT2D eigenvalue weighted by Crippen LogP contribution is -2.47. The molecule has 2 N–H and O–H groups in total. The predicted molar refractivity (Wildman–Crippen MR) is 122 cm³/mol. The van der Waals surface area contributed by atoms with Crippen molar-refractivity contribution in [2.45, 2.75) is 31.6 Å². The fraction of sp³-hybridized carbons (Fsp3) is 0.417. The van der Waals surface area contributed by atoms with Gasteiger partial charge in [-0.25, -0.2) is 9.78 Å². The van der Waals surface area contributed by atoms with Gasteiger partial charge in [0.25, 0.3) is 0 Å². The van der Waals surface area contributed by atoms with Crippen LogP contribution in [0.4, 0.5) is 10.5 Å². The molecule has 8 nitrogen and oxygen atoms in total. The summed E-state index contributed by atoms with van der Waals surface area (Å²) >= 11 is 0. The van der Waals surface area contributed by atoms with Gasteiger partial charge in [0.05, 0.1) is 17.2 Å². The van der Waals surface area contributed by atoms with Crippen LogP contribution in [0.25, 0.3) is 11.0 Å². The highest BCUT2D eigenvalue weighted by Crippen LogP contribution is 2.29. The summed E-state index contributed by atoms with van der Waals surface area (Å²) in [6.07, 6.45) is 6.95. The Bertz CT molecular complexity index is 1060. The van der Waals surface area contributed by atoms with Crippen LogP contribution in [0, 0.1) is 5.92 Å². The maximum absolute atomic E-state index is 13.2. The van der Waals surface area contributed by atoms with Crippen molar-refractivity contribution in [3.63, 3.8) is 0 Å². The summed E-state index contributed by atoms with van der Waals surface area (Å²) in [6, 6.07) is 11.3. The molecule has 32 heavy (non-hydrogen) atoms. The van der Waals surface area contributed by atoms with E-state index in [1.807, 2.05) is 41.3 Å². The molecule has 4 heterocycles. The number of aromatic nitrogens is 3. The summed E-state index contributed by atoms with van der Waals surface area (Å²) < 4.78 is 0. The lowest BCUT2D eigenvalue weighted by atomic mass is 9.92. The first kappa shape index (κ1) is 20.5. The van der Waals surface area contributed by atoms with Crippen LogP contribution in [-0.4, -0.2) is 62.9 Å². The number of pyridine rings is 1. The molecular formula is C24H28N6O2. The van der Waals surface area contributed by atoms with Crippen LogP contribution in [-0.2, 0) is 4.79 Å². The first-order valence-corrected chi connectivity index (χ1v) is 11.4. The molecule has 0 bridgehead atoms. The Hall–Kier alpha value is -3.42. The van der Waals surface area contributed by atoms with Gasteiger partial charge in [-0.2, -0.15) is 0 Å². The molecule has 2 aromatic heterocycles. The summed E-state index contributed by atoms with van der Waals surface area (Å²) in [5.74, 6) is 1.36. The Morgan fingerprint density at radius 1 is 1.00 bits per heavy atom. The molecule has 1 aromatic carbocycles. The van der Waals surface area contributed by atoms with Crippen molar-refractivity contribution in [2.24, 2.45) is 5.92 Å². The molecule has 1 atom stereocenters. The van der Waals surface area contributed by atoms with E-state index in [9.17, 15) is 9.59 Å². The molecule has 0 spiro atoms. The molecule has 3 amide bonds. The quantitative estimate of drug-likeness (QED) is 0.661. The molecule has 2 saturated heterocycles. The predicted octanol–water partition coefficient (Wildman–Crippen LogP) is 3.61. The number of hydrogen-bond acceptors (Lipinski definition) is 4. The van der Waals surface area contributed by atoms with Gasteiger partial charge < -0.3 is 20.1 Å². The highest BCUT2D eigenvalue weighted by atomic mass is 16.2. The lowest BCUT2D eigenvalue weighted by Gasteiger charge is -2.37.